The van der Waals surface area contributed by atoms with Crippen molar-refractivity contribution in [2.45, 2.75) is 19.8 Å². The predicted octanol–water partition coefficient (Wildman–Crippen LogP) is 2.79. The van der Waals surface area contributed by atoms with Crippen molar-refractivity contribution in [3.05, 3.63) is 36.2 Å². The molecule has 0 amide bonds. The Kier molecular flexibility index (Phi) is 2.69. The number of hydrogen-bond acceptors (Lipinski definition) is 2. The summed E-state index contributed by atoms with van der Waals surface area (Å²) in [5, 5.41) is 4.49. The second-order valence-electron chi connectivity index (χ2n) is 4.38. The smallest absolute Gasteiger partial charge is 0.0728 e. The zero-order valence-corrected chi connectivity index (χ0v) is 9.94. The number of nitrogen functional groups attached to an aromatic ring is 1. The summed E-state index contributed by atoms with van der Waals surface area (Å²) < 4.78 is 1.86. The minimum atomic E-state index is 0.414. The van der Waals surface area contributed by atoms with Crippen molar-refractivity contribution >= 4 is 5.69 Å². The first-order chi connectivity index (χ1) is 7.58. The van der Waals surface area contributed by atoms with Crippen LogP contribution in [0.5, 0.6) is 0 Å². The number of nitrogens with two attached hydrogens (primary N) is 1. The van der Waals surface area contributed by atoms with Gasteiger partial charge < -0.3 is 5.73 Å². The van der Waals surface area contributed by atoms with Crippen LogP contribution in [0.2, 0.25) is 0 Å². The highest BCUT2D eigenvalue weighted by atomic mass is 15.3. The molecule has 0 radical (unpaired) electrons. The minimum Gasteiger partial charge on any atom is -0.399 e. The van der Waals surface area contributed by atoms with E-state index in [0.29, 0.717) is 5.92 Å². The Labute approximate surface area is 95.9 Å². The van der Waals surface area contributed by atoms with E-state index in [1.165, 1.54) is 5.56 Å². The standard InChI is InChI=1S/C13H17N3/c1-9(2)13-12(8-16(3)15-13)10-5-4-6-11(14)7-10/h4-9H,14H2,1-3H3. The maximum Gasteiger partial charge on any atom is 0.0728 e. The van der Waals surface area contributed by atoms with Crippen LogP contribution in [0.1, 0.15) is 25.5 Å². The van der Waals surface area contributed by atoms with E-state index in [1.54, 1.807) is 0 Å². The second-order valence-corrected chi connectivity index (χ2v) is 4.38. The number of anilines is 1. The summed E-state index contributed by atoms with van der Waals surface area (Å²) in [5.74, 6) is 0.414. The quantitative estimate of drug-likeness (QED) is 0.783. The van der Waals surface area contributed by atoms with E-state index in [-0.39, 0.29) is 0 Å². The highest BCUT2D eigenvalue weighted by Gasteiger charge is 2.12. The summed E-state index contributed by atoms with van der Waals surface area (Å²) in [6, 6.07) is 7.93. The van der Waals surface area contributed by atoms with Gasteiger partial charge in [-0.1, -0.05) is 26.0 Å². The third kappa shape index (κ3) is 1.94. The van der Waals surface area contributed by atoms with Crippen LogP contribution in [-0.2, 0) is 7.05 Å². The fourth-order valence-electron chi connectivity index (χ4n) is 1.86. The lowest BCUT2D eigenvalue weighted by Gasteiger charge is -2.05. The maximum atomic E-state index is 5.80. The number of hydrogen-bond donors (Lipinski definition) is 1. The Morgan fingerprint density at radius 3 is 2.69 bits per heavy atom. The molecular formula is C13H17N3. The summed E-state index contributed by atoms with van der Waals surface area (Å²) in [6.45, 7) is 4.30. The molecule has 0 aliphatic rings. The molecule has 3 nitrogen and oxygen atoms in total. The van der Waals surface area contributed by atoms with Gasteiger partial charge >= 0.3 is 0 Å². The van der Waals surface area contributed by atoms with Crippen LogP contribution in [0.4, 0.5) is 5.69 Å². The lowest BCUT2D eigenvalue weighted by Crippen LogP contribution is -1.94. The van der Waals surface area contributed by atoms with Crippen LogP contribution in [0.15, 0.2) is 30.5 Å². The molecule has 0 fully saturated rings. The Morgan fingerprint density at radius 1 is 1.31 bits per heavy atom. The Bertz CT molecular complexity index is 498. The average molecular weight is 215 g/mol. The summed E-state index contributed by atoms with van der Waals surface area (Å²) in [7, 11) is 1.95. The molecule has 0 atom stereocenters. The van der Waals surface area contributed by atoms with Crippen LogP contribution in [0.25, 0.3) is 11.1 Å². The summed E-state index contributed by atoms with van der Waals surface area (Å²) in [6.07, 6.45) is 2.05. The molecule has 0 aliphatic heterocycles. The number of aryl methyl sites for hydroxylation is 1. The molecule has 2 aromatic rings. The third-order valence-electron chi connectivity index (χ3n) is 2.60. The highest BCUT2D eigenvalue weighted by Crippen LogP contribution is 2.28. The Hall–Kier alpha value is -1.77. The van der Waals surface area contributed by atoms with Gasteiger partial charge in [-0.3, -0.25) is 4.68 Å². The number of benzene rings is 1. The Morgan fingerprint density at radius 2 is 2.06 bits per heavy atom. The van der Waals surface area contributed by atoms with Gasteiger partial charge in [0.05, 0.1) is 5.69 Å². The van der Waals surface area contributed by atoms with Crippen molar-refractivity contribution in [3.63, 3.8) is 0 Å². The first-order valence-corrected chi connectivity index (χ1v) is 5.47. The van der Waals surface area contributed by atoms with Crippen LogP contribution >= 0.6 is 0 Å². The van der Waals surface area contributed by atoms with Crippen molar-refractivity contribution in [2.75, 3.05) is 5.73 Å². The molecule has 16 heavy (non-hydrogen) atoms. The fourth-order valence-corrected chi connectivity index (χ4v) is 1.86. The van der Waals surface area contributed by atoms with Crippen molar-refractivity contribution in [1.29, 1.82) is 0 Å². The van der Waals surface area contributed by atoms with Gasteiger partial charge in [0.15, 0.2) is 0 Å². The van der Waals surface area contributed by atoms with Gasteiger partial charge in [0.25, 0.3) is 0 Å². The minimum absolute atomic E-state index is 0.414. The normalized spacial score (nSPS) is 11.0. The summed E-state index contributed by atoms with van der Waals surface area (Å²) in [5.41, 5.74) is 10.0. The molecule has 2 N–H and O–H groups in total. The van der Waals surface area contributed by atoms with Gasteiger partial charge in [-0.25, -0.2) is 0 Å². The molecule has 0 bridgehead atoms. The summed E-state index contributed by atoms with van der Waals surface area (Å²) >= 11 is 0. The van der Waals surface area contributed by atoms with Gasteiger partial charge in [-0.05, 0) is 23.6 Å². The third-order valence-corrected chi connectivity index (χ3v) is 2.60. The Balaban J connectivity index is 2.55. The number of nitrogens with zero attached hydrogens (tertiary/aromatic N) is 2. The van der Waals surface area contributed by atoms with E-state index in [2.05, 4.69) is 25.0 Å². The highest BCUT2D eigenvalue weighted by molar-refractivity contribution is 5.69. The summed E-state index contributed by atoms with van der Waals surface area (Å²) in [4.78, 5) is 0. The molecule has 1 heterocycles. The van der Waals surface area contributed by atoms with Crippen LogP contribution < -0.4 is 5.73 Å². The lowest BCUT2D eigenvalue weighted by atomic mass is 10.00. The van der Waals surface area contributed by atoms with E-state index in [4.69, 9.17) is 5.73 Å². The van der Waals surface area contributed by atoms with Crippen molar-refractivity contribution < 1.29 is 0 Å². The van der Waals surface area contributed by atoms with E-state index >= 15 is 0 Å². The van der Waals surface area contributed by atoms with E-state index in [9.17, 15) is 0 Å². The first kappa shape index (κ1) is 10.7. The molecule has 1 aromatic carbocycles. The van der Waals surface area contributed by atoms with Crippen molar-refractivity contribution in [2.24, 2.45) is 7.05 Å². The molecule has 0 spiro atoms. The SMILES string of the molecule is CC(C)c1nn(C)cc1-c1cccc(N)c1. The monoisotopic (exact) mass is 215 g/mol. The van der Waals surface area contributed by atoms with Gasteiger partial charge in [0, 0.05) is 24.5 Å². The zero-order chi connectivity index (χ0) is 11.7. The second kappa shape index (κ2) is 4.00. The zero-order valence-electron chi connectivity index (χ0n) is 9.94. The molecule has 0 unspecified atom stereocenters. The fraction of sp³-hybridized carbons (Fsp3) is 0.308. The molecule has 0 aliphatic carbocycles. The maximum absolute atomic E-state index is 5.80. The van der Waals surface area contributed by atoms with Crippen molar-refractivity contribution in [3.8, 4) is 11.1 Å². The van der Waals surface area contributed by atoms with E-state index in [1.807, 2.05) is 36.1 Å². The van der Waals surface area contributed by atoms with Gasteiger partial charge in [0.2, 0.25) is 0 Å². The van der Waals surface area contributed by atoms with Crippen LogP contribution in [-0.4, -0.2) is 9.78 Å². The van der Waals surface area contributed by atoms with E-state index < -0.39 is 0 Å². The van der Waals surface area contributed by atoms with E-state index in [0.717, 1.165) is 16.9 Å². The molecule has 0 saturated heterocycles. The first-order valence-electron chi connectivity index (χ1n) is 5.47. The molecular weight excluding hydrogens is 198 g/mol. The lowest BCUT2D eigenvalue weighted by molar-refractivity contribution is 0.713. The van der Waals surface area contributed by atoms with Gasteiger partial charge in [-0.15, -0.1) is 0 Å². The molecule has 1 aromatic heterocycles. The molecule has 0 saturated carbocycles. The average Bonchev–Trinajstić information content (AvgIpc) is 2.60. The predicted molar refractivity (Wildman–Crippen MR) is 67.1 cm³/mol. The number of aromatic nitrogens is 2. The molecule has 3 heteroatoms. The van der Waals surface area contributed by atoms with Crippen LogP contribution in [0, 0.1) is 0 Å². The van der Waals surface area contributed by atoms with Gasteiger partial charge in [0.1, 0.15) is 0 Å². The van der Waals surface area contributed by atoms with Crippen LogP contribution in [0.3, 0.4) is 0 Å². The molecule has 2 rings (SSSR count). The molecule has 84 valence electrons. The number of rotatable bonds is 2. The topological polar surface area (TPSA) is 43.8 Å². The van der Waals surface area contributed by atoms with Crippen molar-refractivity contribution in [1.82, 2.24) is 9.78 Å². The van der Waals surface area contributed by atoms with Gasteiger partial charge in [-0.2, -0.15) is 5.10 Å². The largest absolute Gasteiger partial charge is 0.399 e.